The Morgan fingerprint density at radius 3 is 1.18 bits per heavy atom. The Hall–Kier alpha value is -3.28. The van der Waals surface area contributed by atoms with Crippen LogP contribution in [0.25, 0.3) is 0 Å². The second kappa shape index (κ2) is 40.9. The summed E-state index contributed by atoms with van der Waals surface area (Å²) in [6, 6.07) is 21.6. The first kappa shape index (κ1) is 44.7. The zero-order chi connectivity index (χ0) is 30.6. The minimum atomic E-state index is -0.221. The molecular weight excluding hydrogens is 476 g/mol. The van der Waals surface area contributed by atoms with Crippen LogP contribution in [0.5, 0.6) is 0 Å². The highest BCUT2D eigenvalue weighted by Crippen LogP contribution is 1.97. The third kappa shape index (κ3) is 53.9. The number of rotatable bonds is 6. The predicted molar refractivity (Wildman–Crippen MR) is 164 cm³/mol. The summed E-state index contributed by atoms with van der Waals surface area (Å²) in [7, 11) is 0. The van der Waals surface area contributed by atoms with Crippen LogP contribution in [-0.2, 0) is 25.7 Å². The third-order valence-electron chi connectivity index (χ3n) is 3.33. The molecule has 0 aliphatic heterocycles. The van der Waals surface area contributed by atoms with E-state index in [9.17, 15) is 19.2 Å². The smallest absolute Gasteiger partial charge is 0.227 e. The summed E-state index contributed by atoms with van der Waals surface area (Å²) in [5.41, 5.74) is 1.03. The second-order valence-corrected chi connectivity index (χ2v) is 7.15. The lowest BCUT2D eigenvalue weighted by molar-refractivity contribution is -0.127. The number of Topliss-reactive ketones (excluding diaryl/α,β-unsaturated/α-hetero) is 2. The molecule has 6 nitrogen and oxygen atoms in total. The number of carbonyl (C=O) groups excluding carboxylic acids is 4. The highest BCUT2D eigenvalue weighted by molar-refractivity contribution is 5.96. The molecule has 0 aliphatic carbocycles. The molecule has 0 unspecified atom stereocenters. The molecule has 2 amide bonds. The molecule has 218 valence electrons. The van der Waals surface area contributed by atoms with Crippen LogP contribution in [0.1, 0.15) is 101 Å². The van der Waals surface area contributed by atoms with Gasteiger partial charge in [-0.3, -0.25) is 14.4 Å². The zero-order valence-corrected chi connectivity index (χ0v) is 26.0. The van der Waals surface area contributed by atoms with Crippen LogP contribution in [0.15, 0.2) is 66.7 Å². The van der Waals surface area contributed by atoms with Crippen molar-refractivity contribution in [2.24, 2.45) is 0 Å². The minimum Gasteiger partial charge on any atom is -0.357 e. The van der Waals surface area contributed by atoms with E-state index in [0.29, 0.717) is 13.0 Å². The van der Waals surface area contributed by atoms with Crippen molar-refractivity contribution in [3.63, 3.8) is 0 Å². The predicted octanol–water partition coefficient (Wildman–Crippen LogP) is 7.57. The van der Waals surface area contributed by atoms with Crippen molar-refractivity contribution in [3.05, 3.63) is 72.3 Å². The first-order valence-corrected chi connectivity index (χ1v) is 13.7. The summed E-state index contributed by atoms with van der Waals surface area (Å²) in [5, 5.41) is 5.24. The van der Waals surface area contributed by atoms with Crippen LogP contribution in [0.4, 0.5) is 0 Å². The van der Waals surface area contributed by atoms with Crippen molar-refractivity contribution in [2.75, 3.05) is 6.54 Å². The van der Waals surface area contributed by atoms with Crippen molar-refractivity contribution in [3.8, 4) is 0 Å². The Morgan fingerprint density at radius 2 is 0.947 bits per heavy atom. The molecule has 0 aromatic heterocycles. The Bertz CT molecular complexity index is 722. The molecule has 2 rings (SSSR count). The number of hydrogen-bond donors (Lipinski definition) is 2. The fourth-order valence-electron chi connectivity index (χ4n) is 1.72. The summed E-state index contributed by atoms with van der Waals surface area (Å²) >= 11 is 0. The molecule has 0 bridgehead atoms. The van der Waals surface area contributed by atoms with Crippen molar-refractivity contribution in [1.82, 2.24) is 10.6 Å². The van der Waals surface area contributed by atoms with Gasteiger partial charge in [-0.25, -0.2) is 0 Å². The van der Waals surface area contributed by atoms with Crippen LogP contribution >= 0.6 is 0 Å². The molecule has 0 spiro atoms. The molecule has 6 heteroatoms. The molecule has 0 aliphatic rings. The third-order valence-corrected chi connectivity index (χ3v) is 3.33. The van der Waals surface area contributed by atoms with E-state index in [1.807, 2.05) is 108 Å². The SMILES string of the molecule is CC.CC.CC(=O)CC(=O)NCc1ccccc1.CCC.CCC(C)=O.CCNC(C)=O.c1ccccc1. The van der Waals surface area contributed by atoms with E-state index in [1.54, 1.807) is 6.92 Å². The molecule has 0 fully saturated rings. The highest BCUT2D eigenvalue weighted by atomic mass is 16.2. The number of benzene rings is 2. The van der Waals surface area contributed by atoms with Gasteiger partial charge in [0.05, 0.1) is 6.42 Å². The maximum atomic E-state index is 11.1. The Kier molecular flexibility index (Phi) is 48.1. The van der Waals surface area contributed by atoms with E-state index in [0.717, 1.165) is 12.1 Å². The maximum absolute atomic E-state index is 11.1. The quantitative estimate of drug-likeness (QED) is 0.375. The van der Waals surface area contributed by atoms with Gasteiger partial charge in [0.15, 0.2) is 0 Å². The largest absolute Gasteiger partial charge is 0.357 e. The molecule has 0 saturated heterocycles. The van der Waals surface area contributed by atoms with Gasteiger partial charge in [0, 0.05) is 26.4 Å². The second-order valence-electron chi connectivity index (χ2n) is 7.15. The van der Waals surface area contributed by atoms with E-state index >= 15 is 0 Å². The highest BCUT2D eigenvalue weighted by Gasteiger charge is 2.03. The zero-order valence-electron chi connectivity index (χ0n) is 26.0. The van der Waals surface area contributed by atoms with Gasteiger partial charge in [-0.1, -0.05) is 122 Å². The van der Waals surface area contributed by atoms with Crippen LogP contribution in [0.2, 0.25) is 0 Å². The van der Waals surface area contributed by atoms with Crippen molar-refractivity contribution in [2.45, 2.75) is 102 Å². The van der Waals surface area contributed by atoms with Gasteiger partial charge < -0.3 is 15.4 Å². The lowest BCUT2D eigenvalue weighted by Gasteiger charge is -2.03. The summed E-state index contributed by atoms with van der Waals surface area (Å²) in [4.78, 5) is 41.4. The molecule has 2 aromatic rings. The van der Waals surface area contributed by atoms with Gasteiger partial charge in [0.2, 0.25) is 11.8 Å². The van der Waals surface area contributed by atoms with E-state index < -0.39 is 0 Å². The number of nitrogens with one attached hydrogen (secondary N) is 2. The summed E-state index contributed by atoms with van der Waals surface area (Å²) in [5.74, 6) is -0.0422. The van der Waals surface area contributed by atoms with Crippen LogP contribution < -0.4 is 10.6 Å². The summed E-state index contributed by atoms with van der Waals surface area (Å²) in [6.45, 7) is 21.7. The maximum Gasteiger partial charge on any atom is 0.227 e. The van der Waals surface area contributed by atoms with Crippen molar-refractivity contribution < 1.29 is 19.2 Å². The standard InChI is InChI=1S/C11H13NO2.C6H6.C4H9NO.C4H8O.C3H8.2C2H6/c1-9(13)7-11(14)12-8-10-5-3-2-4-6-10;1-2-4-6-5-3-1;1-3-5-4(2)6;1-3-4(2)5;1-3-2;2*1-2/h2-6H,7-8H2,1H3,(H,12,14);1-6H;3H2,1-2H3,(H,5,6);3H2,1-2H3;3H2,1-2H3;2*1-2H3. The summed E-state index contributed by atoms with van der Waals surface area (Å²) in [6.07, 6.45) is 1.88. The molecular formula is C32H56N2O4. The van der Waals surface area contributed by atoms with Gasteiger partial charge >= 0.3 is 0 Å². The van der Waals surface area contributed by atoms with Gasteiger partial charge in [0.1, 0.15) is 11.6 Å². The first-order chi connectivity index (χ1) is 18.1. The van der Waals surface area contributed by atoms with Gasteiger partial charge in [-0.05, 0) is 26.3 Å². The number of ketones is 2. The average molecular weight is 533 g/mol. The molecule has 0 radical (unpaired) electrons. The normalized spacial score (nSPS) is 7.76. The van der Waals surface area contributed by atoms with E-state index in [-0.39, 0.29) is 29.8 Å². The van der Waals surface area contributed by atoms with Gasteiger partial charge in [0.25, 0.3) is 0 Å². The molecule has 0 saturated carbocycles. The van der Waals surface area contributed by atoms with Crippen molar-refractivity contribution in [1.29, 1.82) is 0 Å². The summed E-state index contributed by atoms with van der Waals surface area (Å²) < 4.78 is 0. The monoisotopic (exact) mass is 532 g/mol. The van der Waals surface area contributed by atoms with E-state index in [1.165, 1.54) is 20.3 Å². The Morgan fingerprint density at radius 1 is 0.605 bits per heavy atom. The van der Waals surface area contributed by atoms with Crippen LogP contribution in [0.3, 0.4) is 0 Å². The van der Waals surface area contributed by atoms with Gasteiger partial charge in [-0.15, -0.1) is 0 Å². The first-order valence-electron chi connectivity index (χ1n) is 13.7. The number of hydrogen-bond acceptors (Lipinski definition) is 4. The van der Waals surface area contributed by atoms with Crippen LogP contribution in [0, 0.1) is 0 Å². The number of carbonyl (C=O) groups is 4. The molecule has 0 atom stereocenters. The fraction of sp³-hybridized carbons (Fsp3) is 0.500. The van der Waals surface area contributed by atoms with Crippen LogP contribution in [-0.4, -0.2) is 29.9 Å². The Labute approximate surface area is 234 Å². The minimum absolute atomic E-state index is 0.0349. The number of amides is 2. The van der Waals surface area contributed by atoms with E-state index in [4.69, 9.17) is 0 Å². The molecule has 0 heterocycles. The topological polar surface area (TPSA) is 92.3 Å². The molecule has 38 heavy (non-hydrogen) atoms. The van der Waals surface area contributed by atoms with Gasteiger partial charge in [-0.2, -0.15) is 0 Å². The van der Waals surface area contributed by atoms with Crippen molar-refractivity contribution >= 4 is 23.4 Å². The van der Waals surface area contributed by atoms with E-state index in [2.05, 4.69) is 24.5 Å². The lowest BCUT2D eigenvalue weighted by atomic mass is 10.2. The molecule has 2 aromatic carbocycles. The average Bonchev–Trinajstić information content (AvgIpc) is 2.92. The fourth-order valence-corrected chi connectivity index (χ4v) is 1.72. The lowest BCUT2D eigenvalue weighted by Crippen LogP contribution is -2.24. The molecule has 2 N–H and O–H groups in total. The Balaban J connectivity index is -0.000000128.